The summed E-state index contributed by atoms with van der Waals surface area (Å²) in [6.07, 6.45) is 1.15. The Morgan fingerprint density at radius 1 is 1.27 bits per heavy atom. The zero-order valence-electron chi connectivity index (χ0n) is 30.8. The van der Waals surface area contributed by atoms with Gasteiger partial charge in [0, 0.05) is 46.5 Å². The maximum atomic E-state index is 14.1. The third kappa shape index (κ3) is 8.86. The van der Waals surface area contributed by atoms with E-state index < -0.39 is 65.7 Å². The molecule has 0 spiro atoms. The predicted molar refractivity (Wildman–Crippen MR) is 189 cm³/mol. The molecule has 3 heterocycles. The quantitative estimate of drug-likeness (QED) is 0.265. The van der Waals surface area contributed by atoms with E-state index in [4.69, 9.17) is 35.3 Å². The Morgan fingerprint density at radius 2 is 1.98 bits per heavy atom. The highest BCUT2D eigenvalue weighted by molar-refractivity contribution is 6.35. The molecule has 4 rings (SSSR count). The Balaban J connectivity index is 1.76. The van der Waals surface area contributed by atoms with Crippen molar-refractivity contribution in [2.75, 3.05) is 46.8 Å². The molecule has 3 N–H and O–H groups in total. The molecule has 4 bridgehead atoms. The number of nitrogens with one attached hydrogen (secondary N) is 2. The van der Waals surface area contributed by atoms with Gasteiger partial charge in [0.05, 0.1) is 25.3 Å². The number of methoxy groups -OCH3 is 2. The minimum atomic E-state index is -1.82. The van der Waals surface area contributed by atoms with Gasteiger partial charge in [0.25, 0.3) is 0 Å². The van der Waals surface area contributed by atoms with Crippen LogP contribution in [0.15, 0.2) is 35.9 Å². The SMILES string of the molecule is CNCCC(=O)N(C)[C@@H](C)C(=O)O[C@H]1CC(=O)N(C)c2cc(cc(OC)c2Cl)C/C(C)=C\C=C/[C@@H](OC)[C@@]2(O)C[C@H](OC(=O)N2)[C@@H](C)[C@@H]2O[C@@]12C. The number of fused-ring (bicyclic) bond motifs is 5. The van der Waals surface area contributed by atoms with E-state index in [1.54, 1.807) is 59.2 Å². The number of halogens is 1. The fourth-order valence-electron chi connectivity index (χ4n) is 6.63. The van der Waals surface area contributed by atoms with Crippen molar-refractivity contribution in [1.29, 1.82) is 0 Å². The van der Waals surface area contributed by atoms with Crippen molar-refractivity contribution >= 4 is 41.2 Å². The van der Waals surface area contributed by atoms with E-state index in [0.29, 0.717) is 24.4 Å². The number of esters is 1. The normalized spacial score (nSPS) is 31.9. The van der Waals surface area contributed by atoms with E-state index in [1.165, 1.54) is 31.1 Å². The number of epoxide rings is 1. The van der Waals surface area contributed by atoms with Crippen LogP contribution in [0.2, 0.25) is 5.02 Å². The molecule has 14 nitrogen and oxygen atoms in total. The fourth-order valence-corrected chi connectivity index (χ4v) is 6.94. The number of hydrogen-bond acceptors (Lipinski definition) is 11. The first-order valence-corrected chi connectivity index (χ1v) is 17.4. The Kier molecular flexibility index (Phi) is 12.8. The van der Waals surface area contributed by atoms with Gasteiger partial charge in [0.15, 0.2) is 5.72 Å². The van der Waals surface area contributed by atoms with Crippen LogP contribution in [0.5, 0.6) is 5.75 Å². The van der Waals surface area contributed by atoms with Gasteiger partial charge in [-0.1, -0.05) is 42.3 Å². The first-order valence-electron chi connectivity index (χ1n) is 17.0. The highest BCUT2D eigenvalue weighted by Crippen LogP contribution is 2.49. The monoisotopic (exact) mass is 734 g/mol. The highest BCUT2D eigenvalue weighted by atomic mass is 35.5. The fraction of sp³-hybridized carbons (Fsp3) is 0.611. The van der Waals surface area contributed by atoms with Crippen LogP contribution in [0.1, 0.15) is 52.5 Å². The molecule has 0 unspecified atom stereocenters. The van der Waals surface area contributed by atoms with Gasteiger partial charge in [-0.15, -0.1) is 0 Å². The molecule has 3 amide bonds. The highest BCUT2D eigenvalue weighted by Gasteiger charge is 2.64. The molecule has 0 aliphatic carbocycles. The smallest absolute Gasteiger partial charge is 0.409 e. The summed E-state index contributed by atoms with van der Waals surface area (Å²) in [5.74, 6) is -1.56. The van der Waals surface area contributed by atoms with Gasteiger partial charge in [-0.05, 0) is 51.9 Å². The second-order valence-corrected chi connectivity index (χ2v) is 14.1. The molecule has 2 saturated heterocycles. The number of carbonyl (C=O) groups is 4. The number of nitrogens with zero attached hydrogens (tertiary/aromatic N) is 2. The van der Waals surface area contributed by atoms with E-state index in [9.17, 15) is 24.3 Å². The van der Waals surface area contributed by atoms with Crippen LogP contribution in [0.3, 0.4) is 0 Å². The third-order valence-electron chi connectivity index (χ3n) is 10.1. The largest absolute Gasteiger partial charge is 0.495 e. The van der Waals surface area contributed by atoms with Crippen LogP contribution in [-0.4, -0.2) is 118 Å². The molecule has 15 heteroatoms. The maximum absolute atomic E-state index is 14.1. The summed E-state index contributed by atoms with van der Waals surface area (Å²) >= 11 is 6.74. The summed E-state index contributed by atoms with van der Waals surface area (Å²) in [7, 11) is 7.74. The standard InChI is InChI=1S/C36H51ClN4O10/c1-20-11-10-12-27(48-9)36(46)19-26(49-34(45)39-36)21(2)32-35(4,51-32)28(50-33(44)22(3)40(6)29(42)13-14-38-5)18-30(43)41(7)24-16-23(15-20)17-25(47-8)31(24)37/h10-12,16-17,21-22,26-28,32,38,46H,13-15,18-19H2,1-9H3,(H,39,45)/b12-10-,20-11-/t21-,22+,26+,27-,28+,32+,35+,36+/m1/s1. The summed E-state index contributed by atoms with van der Waals surface area (Å²) in [5.41, 5.74) is -0.896. The minimum absolute atomic E-state index is 0.0474. The van der Waals surface area contributed by atoms with Crippen LogP contribution >= 0.6 is 11.6 Å². The Morgan fingerprint density at radius 3 is 2.63 bits per heavy atom. The molecule has 2 fully saturated rings. The molecule has 0 saturated carbocycles. The van der Waals surface area contributed by atoms with Crippen molar-refractivity contribution in [1.82, 2.24) is 15.5 Å². The summed E-state index contributed by atoms with van der Waals surface area (Å²) in [6.45, 7) is 7.42. The number of aliphatic hydroxyl groups is 1. The minimum Gasteiger partial charge on any atom is -0.495 e. The molecule has 282 valence electrons. The zero-order valence-corrected chi connectivity index (χ0v) is 31.5. The molecule has 3 aliphatic rings. The Bertz CT molecular complexity index is 1550. The number of anilines is 1. The second kappa shape index (κ2) is 16.3. The zero-order chi connectivity index (χ0) is 37.8. The van der Waals surface area contributed by atoms with Gasteiger partial charge >= 0.3 is 12.1 Å². The number of rotatable bonds is 8. The number of alkyl carbamates (subject to hydrolysis) is 1. The summed E-state index contributed by atoms with van der Waals surface area (Å²) < 4.78 is 29.1. The molecule has 0 aromatic heterocycles. The number of likely N-dealkylation sites (N-methyl/N-ethyl adjacent to an activating group) is 1. The topological polar surface area (TPSA) is 169 Å². The van der Waals surface area contributed by atoms with Crippen molar-refractivity contribution in [2.45, 2.75) is 95.2 Å². The van der Waals surface area contributed by atoms with Crippen molar-refractivity contribution in [3.63, 3.8) is 0 Å². The molecule has 51 heavy (non-hydrogen) atoms. The molecular weight excluding hydrogens is 684 g/mol. The van der Waals surface area contributed by atoms with Crippen LogP contribution in [0.25, 0.3) is 0 Å². The maximum Gasteiger partial charge on any atom is 0.409 e. The van der Waals surface area contributed by atoms with Gasteiger partial charge in [-0.25, -0.2) is 9.59 Å². The van der Waals surface area contributed by atoms with Gasteiger partial charge < -0.3 is 43.9 Å². The molecule has 1 aromatic carbocycles. The predicted octanol–water partition coefficient (Wildman–Crippen LogP) is 3.12. The number of hydrogen-bond donors (Lipinski definition) is 3. The summed E-state index contributed by atoms with van der Waals surface area (Å²) in [6, 6.07) is 2.62. The van der Waals surface area contributed by atoms with Crippen molar-refractivity contribution < 1.29 is 48.0 Å². The Labute approximate surface area is 304 Å². The lowest BCUT2D eigenvalue weighted by Crippen LogP contribution is -2.63. The van der Waals surface area contributed by atoms with Gasteiger partial charge in [0.1, 0.15) is 40.7 Å². The molecule has 1 aromatic rings. The first-order chi connectivity index (χ1) is 24.0. The number of amides is 3. The summed E-state index contributed by atoms with van der Waals surface area (Å²) in [5, 5.41) is 17.4. The molecular formula is C36H51ClN4O10. The van der Waals surface area contributed by atoms with E-state index in [-0.39, 0.29) is 30.2 Å². The molecule has 0 radical (unpaired) electrons. The lowest BCUT2D eigenvalue weighted by atomic mass is 9.83. The van der Waals surface area contributed by atoms with Crippen LogP contribution in [-0.2, 0) is 39.8 Å². The van der Waals surface area contributed by atoms with Crippen molar-refractivity contribution in [3.05, 3.63) is 46.5 Å². The summed E-state index contributed by atoms with van der Waals surface area (Å²) in [4.78, 5) is 55.9. The lowest BCUT2D eigenvalue weighted by molar-refractivity contribution is -0.162. The van der Waals surface area contributed by atoms with E-state index >= 15 is 0 Å². The van der Waals surface area contributed by atoms with Gasteiger partial charge in [0.2, 0.25) is 11.8 Å². The van der Waals surface area contributed by atoms with E-state index in [0.717, 1.165) is 11.1 Å². The van der Waals surface area contributed by atoms with Crippen LogP contribution in [0, 0.1) is 5.92 Å². The van der Waals surface area contributed by atoms with Crippen LogP contribution < -0.4 is 20.3 Å². The second-order valence-electron chi connectivity index (χ2n) is 13.8. The van der Waals surface area contributed by atoms with Gasteiger partial charge in [-0.3, -0.25) is 14.9 Å². The van der Waals surface area contributed by atoms with E-state index in [1.807, 2.05) is 13.0 Å². The van der Waals surface area contributed by atoms with Crippen LogP contribution in [0.4, 0.5) is 10.5 Å². The van der Waals surface area contributed by atoms with E-state index in [2.05, 4.69) is 10.6 Å². The average molecular weight is 735 g/mol. The molecule has 8 atom stereocenters. The van der Waals surface area contributed by atoms with Crippen molar-refractivity contribution in [2.24, 2.45) is 5.92 Å². The number of ether oxygens (including phenoxy) is 5. The Hall–Kier alpha value is -3.69. The average Bonchev–Trinajstić information content (AvgIpc) is 3.79. The van der Waals surface area contributed by atoms with Crippen molar-refractivity contribution in [3.8, 4) is 5.75 Å². The first kappa shape index (κ1) is 40.1. The lowest BCUT2D eigenvalue weighted by Gasteiger charge is -2.42. The number of allylic oxidation sites excluding steroid dienone is 3. The number of carbonyl (C=O) groups excluding carboxylic acids is 4. The van der Waals surface area contributed by atoms with Gasteiger partial charge in [-0.2, -0.15) is 0 Å². The molecule has 3 aliphatic heterocycles. The third-order valence-corrected chi connectivity index (χ3v) is 10.5. The number of benzene rings is 1.